The molecule has 3 nitrogen and oxygen atoms in total. The van der Waals surface area contributed by atoms with Crippen LogP contribution in [0.25, 0.3) is 0 Å². The summed E-state index contributed by atoms with van der Waals surface area (Å²) < 4.78 is 27.2. The summed E-state index contributed by atoms with van der Waals surface area (Å²) in [6, 6.07) is 16.9. The maximum absolute atomic E-state index is 12.2. The molecular formula is C16H19NO2S. The van der Waals surface area contributed by atoms with Crippen molar-refractivity contribution in [3.8, 4) is 0 Å². The van der Waals surface area contributed by atoms with Crippen LogP contribution in [0.3, 0.4) is 0 Å². The van der Waals surface area contributed by atoms with Crippen LogP contribution in [0, 0.1) is 6.92 Å². The number of aryl methyl sites for hydroxylation is 1. The highest BCUT2D eigenvalue weighted by Gasteiger charge is 2.17. The molecule has 1 N–H and O–H groups in total. The van der Waals surface area contributed by atoms with Gasteiger partial charge in [-0.1, -0.05) is 54.6 Å². The molecule has 0 radical (unpaired) electrons. The van der Waals surface area contributed by atoms with E-state index in [1.807, 2.05) is 68.4 Å². The summed E-state index contributed by atoms with van der Waals surface area (Å²) in [5, 5.41) is 0. The van der Waals surface area contributed by atoms with Gasteiger partial charge < -0.3 is 0 Å². The molecule has 106 valence electrons. The van der Waals surface area contributed by atoms with Gasteiger partial charge in [-0.25, -0.2) is 13.1 Å². The lowest BCUT2D eigenvalue weighted by Crippen LogP contribution is -2.28. The zero-order valence-electron chi connectivity index (χ0n) is 11.7. The average molecular weight is 289 g/mol. The van der Waals surface area contributed by atoms with Gasteiger partial charge in [0.2, 0.25) is 10.0 Å². The Kier molecular flexibility index (Phi) is 4.57. The number of hydrogen-bond acceptors (Lipinski definition) is 2. The fourth-order valence-corrected chi connectivity index (χ4v) is 3.59. The van der Waals surface area contributed by atoms with Gasteiger partial charge in [-0.05, 0) is 30.5 Å². The molecule has 0 amide bonds. The molecule has 0 spiro atoms. The maximum Gasteiger partial charge on any atom is 0.216 e. The van der Waals surface area contributed by atoms with Gasteiger partial charge in [0, 0.05) is 6.04 Å². The third-order valence-corrected chi connectivity index (χ3v) is 4.67. The number of nitrogens with one attached hydrogen (secondary N) is 1. The van der Waals surface area contributed by atoms with Gasteiger partial charge in [-0.15, -0.1) is 0 Å². The number of sulfonamides is 1. The van der Waals surface area contributed by atoms with E-state index in [-0.39, 0.29) is 11.8 Å². The molecule has 0 aliphatic heterocycles. The van der Waals surface area contributed by atoms with Gasteiger partial charge in [-0.3, -0.25) is 0 Å². The number of hydrogen-bond donors (Lipinski definition) is 1. The summed E-state index contributed by atoms with van der Waals surface area (Å²) >= 11 is 0. The molecule has 20 heavy (non-hydrogen) atoms. The van der Waals surface area contributed by atoms with Crippen LogP contribution in [0.2, 0.25) is 0 Å². The predicted molar refractivity (Wildman–Crippen MR) is 81.8 cm³/mol. The first-order chi connectivity index (χ1) is 9.48. The normalized spacial score (nSPS) is 13.1. The van der Waals surface area contributed by atoms with Crippen LogP contribution in [-0.2, 0) is 15.8 Å². The smallest absolute Gasteiger partial charge is 0.212 e. The van der Waals surface area contributed by atoms with Crippen molar-refractivity contribution in [3.05, 3.63) is 71.3 Å². The van der Waals surface area contributed by atoms with E-state index in [4.69, 9.17) is 0 Å². The van der Waals surface area contributed by atoms with Crippen molar-refractivity contribution in [2.24, 2.45) is 0 Å². The summed E-state index contributed by atoms with van der Waals surface area (Å²) in [6.07, 6.45) is 0. The third-order valence-electron chi connectivity index (χ3n) is 3.26. The molecule has 2 rings (SSSR count). The average Bonchev–Trinajstić information content (AvgIpc) is 2.41. The number of rotatable bonds is 5. The summed E-state index contributed by atoms with van der Waals surface area (Å²) in [7, 11) is -3.35. The van der Waals surface area contributed by atoms with Gasteiger partial charge in [0.15, 0.2) is 0 Å². The van der Waals surface area contributed by atoms with Crippen molar-refractivity contribution in [3.63, 3.8) is 0 Å². The Hall–Kier alpha value is -1.65. The zero-order chi connectivity index (χ0) is 14.6. The predicted octanol–water partition coefficient (Wildman–Crippen LogP) is 3.18. The molecule has 0 aromatic heterocycles. The van der Waals surface area contributed by atoms with Crippen molar-refractivity contribution < 1.29 is 8.42 Å². The van der Waals surface area contributed by atoms with E-state index in [0.717, 1.165) is 16.7 Å². The van der Waals surface area contributed by atoms with Crippen LogP contribution in [-0.4, -0.2) is 8.42 Å². The van der Waals surface area contributed by atoms with Crippen LogP contribution in [0.5, 0.6) is 0 Å². The summed E-state index contributed by atoms with van der Waals surface area (Å²) in [5.74, 6) is 0.0108. The lowest BCUT2D eigenvalue weighted by atomic mass is 10.1. The molecule has 0 heterocycles. The van der Waals surface area contributed by atoms with Crippen LogP contribution < -0.4 is 4.72 Å². The van der Waals surface area contributed by atoms with E-state index >= 15 is 0 Å². The van der Waals surface area contributed by atoms with Crippen molar-refractivity contribution in [1.29, 1.82) is 0 Å². The minimum atomic E-state index is -3.35. The molecule has 2 aromatic carbocycles. The van der Waals surface area contributed by atoms with E-state index in [2.05, 4.69) is 4.72 Å². The van der Waals surface area contributed by atoms with Crippen molar-refractivity contribution >= 4 is 10.0 Å². The quantitative estimate of drug-likeness (QED) is 0.919. The Morgan fingerprint density at radius 1 is 1.00 bits per heavy atom. The molecule has 0 fully saturated rings. The molecule has 0 bridgehead atoms. The number of benzene rings is 2. The van der Waals surface area contributed by atoms with Gasteiger partial charge in [0.25, 0.3) is 0 Å². The largest absolute Gasteiger partial charge is 0.216 e. The van der Waals surface area contributed by atoms with E-state index < -0.39 is 10.0 Å². The second-order valence-corrected chi connectivity index (χ2v) is 6.69. The first-order valence-corrected chi connectivity index (χ1v) is 8.22. The molecule has 2 aromatic rings. The highest BCUT2D eigenvalue weighted by atomic mass is 32.2. The maximum atomic E-state index is 12.2. The fraction of sp³-hybridized carbons (Fsp3) is 0.250. The van der Waals surface area contributed by atoms with Crippen molar-refractivity contribution in [2.75, 3.05) is 0 Å². The molecule has 1 atom stereocenters. The van der Waals surface area contributed by atoms with Crippen molar-refractivity contribution in [1.82, 2.24) is 4.72 Å². The summed E-state index contributed by atoms with van der Waals surface area (Å²) in [4.78, 5) is 0. The lowest BCUT2D eigenvalue weighted by molar-refractivity contribution is 0.566. The van der Waals surface area contributed by atoms with Crippen LogP contribution in [0.1, 0.15) is 29.7 Å². The Labute approximate surface area is 120 Å². The van der Waals surface area contributed by atoms with Gasteiger partial charge in [-0.2, -0.15) is 0 Å². The van der Waals surface area contributed by atoms with Gasteiger partial charge in [0.05, 0.1) is 5.75 Å². The van der Waals surface area contributed by atoms with E-state index in [9.17, 15) is 8.42 Å². The molecule has 0 unspecified atom stereocenters. The summed E-state index contributed by atoms with van der Waals surface area (Å²) in [6.45, 7) is 3.77. The first-order valence-electron chi connectivity index (χ1n) is 6.57. The molecular weight excluding hydrogens is 270 g/mol. The van der Waals surface area contributed by atoms with Gasteiger partial charge >= 0.3 is 0 Å². The Morgan fingerprint density at radius 2 is 1.60 bits per heavy atom. The minimum Gasteiger partial charge on any atom is -0.212 e. The van der Waals surface area contributed by atoms with Crippen LogP contribution in [0.15, 0.2) is 54.6 Å². The topological polar surface area (TPSA) is 46.2 Å². The van der Waals surface area contributed by atoms with Crippen LogP contribution >= 0.6 is 0 Å². The Morgan fingerprint density at radius 3 is 2.25 bits per heavy atom. The van der Waals surface area contributed by atoms with Crippen LogP contribution in [0.4, 0.5) is 0 Å². The molecule has 0 saturated carbocycles. The molecule has 0 saturated heterocycles. The highest BCUT2D eigenvalue weighted by Crippen LogP contribution is 2.16. The van der Waals surface area contributed by atoms with E-state index in [1.165, 1.54) is 0 Å². The minimum absolute atomic E-state index is 0.0108. The first kappa shape index (κ1) is 14.8. The Balaban J connectivity index is 2.10. The molecule has 0 aliphatic carbocycles. The van der Waals surface area contributed by atoms with E-state index in [1.54, 1.807) is 0 Å². The SMILES string of the molecule is Cc1ccccc1CS(=O)(=O)N[C@@H](C)c1ccccc1. The highest BCUT2D eigenvalue weighted by molar-refractivity contribution is 7.88. The van der Waals surface area contributed by atoms with Crippen molar-refractivity contribution in [2.45, 2.75) is 25.6 Å². The third kappa shape index (κ3) is 3.92. The van der Waals surface area contributed by atoms with Gasteiger partial charge in [0.1, 0.15) is 0 Å². The molecule has 0 aliphatic rings. The lowest BCUT2D eigenvalue weighted by Gasteiger charge is -2.15. The molecule has 4 heteroatoms. The standard InChI is InChI=1S/C16H19NO2S/c1-13-8-6-7-11-16(13)12-20(18,19)17-14(2)15-9-4-3-5-10-15/h3-11,14,17H,12H2,1-2H3/t14-/m0/s1. The van der Waals surface area contributed by atoms with E-state index in [0.29, 0.717) is 0 Å². The second kappa shape index (κ2) is 6.20. The Bertz CT molecular complexity index is 666. The summed E-state index contributed by atoms with van der Waals surface area (Å²) in [5.41, 5.74) is 2.78. The monoisotopic (exact) mass is 289 g/mol. The zero-order valence-corrected chi connectivity index (χ0v) is 12.5. The second-order valence-electron chi connectivity index (χ2n) is 4.94. The fourth-order valence-electron chi connectivity index (χ4n) is 2.10.